The van der Waals surface area contributed by atoms with E-state index in [1.807, 2.05) is 20.2 Å². The molecule has 4 aromatic rings. The van der Waals surface area contributed by atoms with E-state index >= 15 is 0 Å². The Kier molecular flexibility index (Phi) is 7.49. The molecule has 4 rings (SSSR count). The van der Waals surface area contributed by atoms with E-state index in [1.54, 1.807) is 0 Å². The van der Waals surface area contributed by atoms with Crippen molar-refractivity contribution in [3.63, 3.8) is 0 Å². The van der Waals surface area contributed by atoms with Gasteiger partial charge in [0.05, 0.1) is 31.4 Å². The molecule has 0 aliphatic rings. The molecule has 0 saturated carbocycles. The molecule has 0 aliphatic heterocycles. The Bertz CT molecular complexity index is 982. The molecule has 164 valence electrons. The average Bonchev–Trinajstić information content (AvgIpc) is 3.31. The Labute approximate surface area is 191 Å². The summed E-state index contributed by atoms with van der Waals surface area (Å²) in [5.41, 5.74) is 3.95. The molecule has 0 bridgehead atoms. The quantitative estimate of drug-likeness (QED) is 0.204. The van der Waals surface area contributed by atoms with Crippen LogP contribution in [0.15, 0.2) is 104 Å². The van der Waals surface area contributed by atoms with Gasteiger partial charge in [-0.25, -0.2) is 4.98 Å². The zero-order chi connectivity index (χ0) is 22.2. The van der Waals surface area contributed by atoms with Crippen molar-refractivity contribution in [3.8, 4) is 0 Å². The van der Waals surface area contributed by atoms with Crippen molar-refractivity contribution in [1.82, 2.24) is 9.55 Å². The van der Waals surface area contributed by atoms with Gasteiger partial charge in [0.2, 0.25) is 0 Å². The third kappa shape index (κ3) is 4.54. The van der Waals surface area contributed by atoms with Crippen molar-refractivity contribution in [2.24, 2.45) is 0 Å². The van der Waals surface area contributed by atoms with Crippen LogP contribution in [0, 0.1) is 0 Å². The number of aromatic nitrogens is 2. The molecule has 4 nitrogen and oxygen atoms in total. The lowest BCUT2D eigenvalue weighted by atomic mass is 9.77. The van der Waals surface area contributed by atoms with E-state index in [-0.39, 0.29) is 0 Å². The minimum absolute atomic E-state index is 0.547. The average molecular weight is 445 g/mol. The molecule has 1 heterocycles. The molecule has 0 aliphatic carbocycles. The smallest absolute Gasteiger partial charge is 0.176 e. The molecule has 0 spiro atoms. The maximum absolute atomic E-state index is 5.83. The number of rotatable bonds is 10. The zero-order valence-corrected chi connectivity index (χ0v) is 19.5. The van der Waals surface area contributed by atoms with Crippen LogP contribution >= 0.6 is 8.38 Å². The van der Waals surface area contributed by atoms with E-state index in [2.05, 4.69) is 102 Å². The molecule has 1 aromatic heterocycles. The highest BCUT2D eigenvalue weighted by Gasteiger charge is 2.38. The maximum Gasteiger partial charge on any atom is 0.176 e. The van der Waals surface area contributed by atoms with E-state index in [0.717, 1.165) is 5.69 Å². The van der Waals surface area contributed by atoms with Gasteiger partial charge in [0.15, 0.2) is 8.38 Å². The van der Waals surface area contributed by atoms with Gasteiger partial charge < -0.3 is 13.6 Å². The molecule has 0 unspecified atom stereocenters. The zero-order valence-electron chi connectivity index (χ0n) is 18.6. The van der Waals surface area contributed by atoms with E-state index in [4.69, 9.17) is 14.0 Å². The Morgan fingerprint density at radius 1 is 0.719 bits per heavy atom. The van der Waals surface area contributed by atoms with Crippen LogP contribution in [0.25, 0.3) is 0 Å². The molecular formula is C27H29N2O2P. The van der Waals surface area contributed by atoms with Gasteiger partial charge in [0.25, 0.3) is 0 Å². The highest BCUT2D eigenvalue weighted by atomic mass is 31.2. The van der Waals surface area contributed by atoms with Crippen LogP contribution in [-0.4, -0.2) is 22.8 Å². The second-order valence-electron chi connectivity index (χ2n) is 7.41. The molecular weight excluding hydrogens is 415 g/mol. The van der Waals surface area contributed by atoms with E-state index < -0.39 is 13.9 Å². The van der Waals surface area contributed by atoms with Crippen LogP contribution in [0.2, 0.25) is 0 Å². The van der Waals surface area contributed by atoms with Crippen molar-refractivity contribution >= 4 is 8.38 Å². The van der Waals surface area contributed by atoms with Gasteiger partial charge in [-0.1, -0.05) is 91.0 Å². The third-order valence-corrected chi connectivity index (χ3v) is 7.11. The first-order valence-electron chi connectivity index (χ1n) is 11.0. The minimum atomic E-state index is -0.998. The number of hydrogen-bond donors (Lipinski definition) is 0. The summed E-state index contributed by atoms with van der Waals surface area (Å²) in [7, 11) is -0.998. The second kappa shape index (κ2) is 10.7. The van der Waals surface area contributed by atoms with Crippen LogP contribution < -0.4 is 0 Å². The fourth-order valence-corrected chi connectivity index (χ4v) is 5.42. The fourth-order valence-electron chi connectivity index (χ4n) is 4.16. The monoisotopic (exact) mass is 444 g/mol. The lowest BCUT2D eigenvalue weighted by Crippen LogP contribution is -2.36. The summed E-state index contributed by atoms with van der Waals surface area (Å²) in [6, 6.07) is 31.9. The predicted octanol–water partition coefficient (Wildman–Crippen LogP) is 6.61. The number of imidazole rings is 1. The van der Waals surface area contributed by atoms with E-state index in [9.17, 15) is 0 Å². The first kappa shape index (κ1) is 22.4. The summed E-state index contributed by atoms with van der Waals surface area (Å²) in [5.74, 6) is 0. The lowest BCUT2D eigenvalue weighted by Gasteiger charge is -2.37. The van der Waals surface area contributed by atoms with E-state index in [1.165, 1.54) is 16.7 Å². The lowest BCUT2D eigenvalue weighted by molar-refractivity contribution is 0.268. The van der Waals surface area contributed by atoms with Crippen molar-refractivity contribution < 1.29 is 9.05 Å². The second-order valence-corrected chi connectivity index (χ2v) is 8.91. The fraction of sp³-hybridized carbons (Fsp3) is 0.222. The SMILES string of the molecule is CCOP(Cc1cn(C(c2ccccc2)(c2ccccc2)c2ccccc2)cn1)OCC. The molecule has 0 fully saturated rings. The van der Waals surface area contributed by atoms with Crippen molar-refractivity contribution in [1.29, 1.82) is 0 Å². The summed E-state index contributed by atoms with van der Waals surface area (Å²) in [5, 5.41) is 0. The van der Waals surface area contributed by atoms with Gasteiger partial charge in [-0.3, -0.25) is 0 Å². The van der Waals surface area contributed by atoms with Crippen molar-refractivity contribution in [3.05, 3.63) is 126 Å². The summed E-state index contributed by atoms with van der Waals surface area (Å²) in [4.78, 5) is 4.78. The first-order chi connectivity index (χ1) is 15.8. The van der Waals surface area contributed by atoms with Gasteiger partial charge in [-0.05, 0) is 30.5 Å². The summed E-state index contributed by atoms with van der Waals surface area (Å²) in [6.07, 6.45) is 4.74. The topological polar surface area (TPSA) is 36.3 Å². The van der Waals surface area contributed by atoms with Crippen LogP contribution in [0.1, 0.15) is 36.2 Å². The third-order valence-electron chi connectivity index (χ3n) is 5.44. The number of nitrogens with zero attached hydrogens (tertiary/aromatic N) is 2. The Morgan fingerprint density at radius 3 is 1.56 bits per heavy atom. The highest BCUT2D eigenvalue weighted by molar-refractivity contribution is 7.46. The van der Waals surface area contributed by atoms with Crippen LogP contribution in [0.4, 0.5) is 0 Å². The summed E-state index contributed by atoms with van der Waals surface area (Å²) in [6.45, 7) is 5.26. The molecule has 0 atom stereocenters. The summed E-state index contributed by atoms with van der Waals surface area (Å²) < 4.78 is 13.9. The minimum Gasteiger partial charge on any atom is -0.334 e. The van der Waals surface area contributed by atoms with Gasteiger partial charge in [-0.15, -0.1) is 0 Å². The van der Waals surface area contributed by atoms with Gasteiger partial charge in [-0.2, -0.15) is 0 Å². The Morgan fingerprint density at radius 2 is 1.16 bits per heavy atom. The normalized spacial score (nSPS) is 11.7. The van der Waals surface area contributed by atoms with Crippen molar-refractivity contribution in [2.45, 2.75) is 25.5 Å². The first-order valence-corrected chi connectivity index (χ1v) is 12.4. The van der Waals surface area contributed by atoms with Crippen molar-refractivity contribution in [2.75, 3.05) is 13.2 Å². The molecule has 0 N–H and O–H groups in total. The number of benzene rings is 3. The standard InChI is InChI=1S/C27H29N2O2P/c1-3-30-32(31-4-2)21-26-20-29(22-28-26)27(23-14-8-5-9-15-23,24-16-10-6-11-17-24)25-18-12-7-13-19-25/h5-20,22H,3-4,21H2,1-2H3. The summed E-state index contributed by atoms with van der Waals surface area (Å²) >= 11 is 0. The molecule has 0 radical (unpaired) electrons. The maximum atomic E-state index is 5.83. The van der Waals surface area contributed by atoms with Gasteiger partial charge in [0, 0.05) is 6.20 Å². The molecule has 0 saturated heterocycles. The molecule has 5 heteroatoms. The molecule has 0 amide bonds. The molecule has 32 heavy (non-hydrogen) atoms. The largest absolute Gasteiger partial charge is 0.334 e. The Balaban J connectivity index is 1.88. The van der Waals surface area contributed by atoms with E-state index in [0.29, 0.717) is 19.4 Å². The molecule has 3 aromatic carbocycles. The van der Waals surface area contributed by atoms with Gasteiger partial charge in [0.1, 0.15) is 5.54 Å². The van der Waals surface area contributed by atoms with Crippen LogP contribution in [0.5, 0.6) is 0 Å². The highest BCUT2D eigenvalue weighted by Crippen LogP contribution is 2.44. The predicted molar refractivity (Wildman–Crippen MR) is 131 cm³/mol. The van der Waals surface area contributed by atoms with Crippen LogP contribution in [0.3, 0.4) is 0 Å². The number of hydrogen-bond acceptors (Lipinski definition) is 3. The van der Waals surface area contributed by atoms with Gasteiger partial charge >= 0.3 is 0 Å². The van der Waals surface area contributed by atoms with Crippen LogP contribution in [-0.2, 0) is 20.7 Å². The Hall–Kier alpha value is -2.78.